The number of rotatable bonds is 2. The number of amides is 1. The molecule has 1 atom stereocenters. The minimum Gasteiger partial charge on any atom is -0.365 e. The van der Waals surface area contributed by atoms with E-state index in [2.05, 4.69) is 5.10 Å². The van der Waals surface area contributed by atoms with Gasteiger partial charge in [-0.2, -0.15) is 10.1 Å². The van der Waals surface area contributed by atoms with Crippen LogP contribution in [0.1, 0.15) is 29.3 Å². The Balaban J connectivity index is 2.03. The lowest BCUT2D eigenvalue weighted by Gasteiger charge is -2.31. The summed E-state index contributed by atoms with van der Waals surface area (Å²) in [5.41, 5.74) is -0.0592. The number of hydrazone groups is 1. The van der Waals surface area contributed by atoms with Crippen molar-refractivity contribution in [2.45, 2.75) is 19.1 Å². The lowest BCUT2D eigenvalue weighted by Crippen LogP contribution is -2.43. The van der Waals surface area contributed by atoms with E-state index in [0.717, 1.165) is 5.01 Å². The van der Waals surface area contributed by atoms with Crippen molar-refractivity contribution < 1.29 is 9.90 Å². The molecule has 1 heterocycles. The first-order chi connectivity index (χ1) is 10.9. The third-order valence-electron chi connectivity index (χ3n) is 3.73. The highest BCUT2D eigenvalue weighted by atomic mass is 35.5. The van der Waals surface area contributed by atoms with Gasteiger partial charge >= 0.3 is 0 Å². The van der Waals surface area contributed by atoms with Crippen molar-refractivity contribution in [3.05, 3.63) is 69.7 Å². The highest BCUT2D eigenvalue weighted by Gasteiger charge is 2.45. The van der Waals surface area contributed by atoms with Crippen LogP contribution >= 0.6 is 23.2 Å². The summed E-state index contributed by atoms with van der Waals surface area (Å²) in [5, 5.41) is 17.3. The Morgan fingerprint density at radius 3 is 2.48 bits per heavy atom. The first-order valence-corrected chi connectivity index (χ1v) is 7.79. The number of benzene rings is 2. The summed E-state index contributed by atoms with van der Waals surface area (Å²) >= 11 is 12.0. The van der Waals surface area contributed by atoms with Gasteiger partial charge in [0.1, 0.15) is 0 Å². The van der Waals surface area contributed by atoms with E-state index in [9.17, 15) is 9.90 Å². The fraction of sp³-hybridized carbons (Fsp3) is 0.176. The van der Waals surface area contributed by atoms with Crippen molar-refractivity contribution in [1.29, 1.82) is 0 Å². The van der Waals surface area contributed by atoms with E-state index in [1.807, 2.05) is 0 Å². The van der Waals surface area contributed by atoms with Crippen molar-refractivity contribution in [1.82, 2.24) is 5.01 Å². The van der Waals surface area contributed by atoms with Gasteiger partial charge in [0.15, 0.2) is 5.72 Å². The number of aliphatic hydroxyl groups is 1. The van der Waals surface area contributed by atoms with E-state index >= 15 is 0 Å². The summed E-state index contributed by atoms with van der Waals surface area (Å²) < 4.78 is 0. The van der Waals surface area contributed by atoms with Crippen LogP contribution < -0.4 is 0 Å². The molecule has 1 N–H and O–H groups in total. The molecule has 0 saturated carbocycles. The molecule has 1 aliphatic heterocycles. The zero-order valence-corrected chi connectivity index (χ0v) is 13.8. The van der Waals surface area contributed by atoms with Crippen molar-refractivity contribution in [3.8, 4) is 0 Å². The molecule has 1 aliphatic rings. The SMILES string of the molecule is CC1=NN(C(=O)c2ccccc2Cl)C(O)(c2ccc(Cl)cc2)C1. The largest absolute Gasteiger partial charge is 0.365 e. The standard InChI is InChI=1S/C17H14Cl2N2O2/c1-11-10-17(23,12-6-8-13(18)9-7-12)21(20-11)16(22)14-4-2-3-5-15(14)19/h2-9,23H,10H2,1H3. The zero-order chi connectivity index (χ0) is 16.6. The van der Waals surface area contributed by atoms with Crippen LogP contribution in [0.25, 0.3) is 0 Å². The van der Waals surface area contributed by atoms with Gasteiger partial charge in [-0.1, -0.05) is 47.5 Å². The molecule has 0 radical (unpaired) electrons. The average Bonchev–Trinajstić information content (AvgIpc) is 2.83. The molecule has 3 rings (SSSR count). The summed E-state index contributed by atoms with van der Waals surface area (Å²) in [4.78, 5) is 12.8. The third kappa shape index (κ3) is 2.85. The molecule has 0 aromatic heterocycles. The second kappa shape index (κ2) is 5.96. The quantitative estimate of drug-likeness (QED) is 0.889. The predicted molar refractivity (Wildman–Crippen MR) is 90.7 cm³/mol. The third-order valence-corrected chi connectivity index (χ3v) is 4.31. The van der Waals surface area contributed by atoms with Crippen molar-refractivity contribution in [3.63, 3.8) is 0 Å². The van der Waals surface area contributed by atoms with Crippen LogP contribution in [-0.2, 0) is 5.72 Å². The fourth-order valence-electron chi connectivity index (χ4n) is 2.62. The highest BCUT2D eigenvalue weighted by Crippen LogP contribution is 2.37. The second-order valence-corrected chi connectivity index (χ2v) is 6.28. The monoisotopic (exact) mass is 348 g/mol. The van der Waals surface area contributed by atoms with Crippen molar-refractivity contribution in [2.75, 3.05) is 0 Å². The van der Waals surface area contributed by atoms with Gasteiger partial charge in [0.2, 0.25) is 0 Å². The van der Waals surface area contributed by atoms with Gasteiger partial charge in [-0.05, 0) is 31.2 Å². The number of hydrogen-bond donors (Lipinski definition) is 1. The molecule has 2 aromatic carbocycles. The smallest absolute Gasteiger partial charge is 0.278 e. The lowest BCUT2D eigenvalue weighted by molar-refractivity contribution is -0.0765. The fourth-order valence-corrected chi connectivity index (χ4v) is 2.97. The number of halogens is 2. The predicted octanol–water partition coefficient (Wildman–Crippen LogP) is 4.06. The molecule has 4 nitrogen and oxygen atoms in total. The Bertz CT molecular complexity index is 789. The van der Waals surface area contributed by atoms with Crippen LogP contribution in [-0.4, -0.2) is 21.7 Å². The molecule has 1 unspecified atom stereocenters. The van der Waals surface area contributed by atoms with E-state index < -0.39 is 11.6 Å². The minimum atomic E-state index is -1.55. The van der Waals surface area contributed by atoms with Crippen LogP contribution in [0, 0.1) is 0 Å². The molecule has 0 aliphatic carbocycles. The van der Waals surface area contributed by atoms with Gasteiger partial charge in [0.05, 0.1) is 10.6 Å². The van der Waals surface area contributed by atoms with Gasteiger partial charge in [-0.15, -0.1) is 0 Å². The Kier molecular flexibility index (Phi) is 4.15. The summed E-state index contributed by atoms with van der Waals surface area (Å²) in [7, 11) is 0. The maximum Gasteiger partial charge on any atom is 0.278 e. The average molecular weight is 349 g/mol. The summed E-state index contributed by atoms with van der Waals surface area (Å²) in [6.45, 7) is 1.76. The Morgan fingerprint density at radius 2 is 1.83 bits per heavy atom. The van der Waals surface area contributed by atoms with Crippen molar-refractivity contribution in [2.24, 2.45) is 5.10 Å². The lowest BCUT2D eigenvalue weighted by atomic mass is 9.97. The van der Waals surface area contributed by atoms with Crippen molar-refractivity contribution >= 4 is 34.8 Å². The normalized spacial score (nSPS) is 20.5. The molecule has 0 saturated heterocycles. The summed E-state index contributed by atoms with van der Waals surface area (Å²) in [6, 6.07) is 13.4. The van der Waals surface area contributed by atoms with E-state index in [-0.39, 0.29) is 6.42 Å². The van der Waals surface area contributed by atoms with Gasteiger partial charge < -0.3 is 5.11 Å². The van der Waals surface area contributed by atoms with Crippen LogP contribution in [0.3, 0.4) is 0 Å². The van der Waals surface area contributed by atoms with E-state index in [1.54, 1.807) is 55.5 Å². The maximum atomic E-state index is 12.8. The van der Waals surface area contributed by atoms with Gasteiger partial charge in [0.25, 0.3) is 5.91 Å². The Morgan fingerprint density at radius 1 is 1.17 bits per heavy atom. The summed E-state index contributed by atoms with van der Waals surface area (Å²) in [5.74, 6) is -0.454. The number of hydrogen-bond acceptors (Lipinski definition) is 3. The molecule has 0 bridgehead atoms. The molecule has 0 fully saturated rings. The molecular weight excluding hydrogens is 335 g/mol. The molecule has 118 valence electrons. The van der Waals surface area contributed by atoms with Gasteiger partial charge in [0, 0.05) is 22.7 Å². The van der Waals surface area contributed by atoms with Gasteiger partial charge in [-0.3, -0.25) is 4.79 Å². The second-order valence-electron chi connectivity index (χ2n) is 5.43. The number of nitrogens with zero attached hydrogens (tertiary/aromatic N) is 2. The molecule has 23 heavy (non-hydrogen) atoms. The highest BCUT2D eigenvalue weighted by molar-refractivity contribution is 6.33. The van der Waals surface area contributed by atoms with Crippen LogP contribution in [0.15, 0.2) is 53.6 Å². The van der Waals surface area contributed by atoms with Gasteiger partial charge in [-0.25, -0.2) is 0 Å². The molecule has 2 aromatic rings. The minimum absolute atomic E-state index is 0.227. The topological polar surface area (TPSA) is 52.9 Å². The van der Waals surface area contributed by atoms with E-state index in [0.29, 0.717) is 26.9 Å². The Hall–Kier alpha value is -1.88. The number of carbonyl (C=O) groups excluding carboxylic acids is 1. The zero-order valence-electron chi connectivity index (χ0n) is 12.3. The van der Waals surface area contributed by atoms with E-state index in [4.69, 9.17) is 23.2 Å². The Labute approximate surface area is 143 Å². The van der Waals surface area contributed by atoms with Crippen LogP contribution in [0.4, 0.5) is 0 Å². The van der Waals surface area contributed by atoms with Crippen LogP contribution in [0.2, 0.25) is 10.0 Å². The summed E-state index contributed by atoms with van der Waals surface area (Å²) in [6.07, 6.45) is 0.227. The first kappa shape index (κ1) is 16.0. The van der Waals surface area contributed by atoms with E-state index in [1.165, 1.54) is 0 Å². The first-order valence-electron chi connectivity index (χ1n) is 7.03. The molecule has 1 amide bonds. The molecular formula is C17H14Cl2N2O2. The molecule has 0 spiro atoms. The maximum absolute atomic E-state index is 12.8. The molecule has 6 heteroatoms. The number of carbonyl (C=O) groups is 1. The van der Waals surface area contributed by atoms with Crippen LogP contribution in [0.5, 0.6) is 0 Å².